The molecule has 2 aromatic rings. The summed E-state index contributed by atoms with van der Waals surface area (Å²) in [6.45, 7) is 0. The van der Waals surface area contributed by atoms with Crippen LogP contribution in [0.2, 0.25) is 0 Å². The van der Waals surface area contributed by atoms with Crippen molar-refractivity contribution in [3.63, 3.8) is 0 Å². The standard InChI is InChI=1S/C15H16O4/c1-18-15(17)14-10-9-13(19-14)12(16)8-7-11-5-3-2-4-6-11/h2-6,9-10,12,16H,7-8H2,1H3. The number of rotatable bonds is 5. The number of methoxy groups -OCH3 is 1. The van der Waals surface area contributed by atoms with E-state index in [0.717, 1.165) is 12.0 Å². The maximum atomic E-state index is 11.2. The van der Waals surface area contributed by atoms with Crippen molar-refractivity contribution in [2.24, 2.45) is 0 Å². The first-order valence-corrected chi connectivity index (χ1v) is 6.10. The molecule has 100 valence electrons. The summed E-state index contributed by atoms with van der Waals surface area (Å²) in [5, 5.41) is 10.0. The lowest BCUT2D eigenvalue weighted by Crippen LogP contribution is -2.00. The minimum Gasteiger partial charge on any atom is -0.463 e. The maximum Gasteiger partial charge on any atom is 0.373 e. The van der Waals surface area contributed by atoms with Gasteiger partial charge in [-0.15, -0.1) is 0 Å². The second-order valence-electron chi connectivity index (χ2n) is 4.23. The van der Waals surface area contributed by atoms with Crippen molar-refractivity contribution in [2.45, 2.75) is 18.9 Å². The molecule has 0 radical (unpaired) electrons. The van der Waals surface area contributed by atoms with E-state index in [1.54, 1.807) is 6.07 Å². The number of benzene rings is 1. The largest absolute Gasteiger partial charge is 0.463 e. The predicted molar refractivity (Wildman–Crippen MR) is 69.8 cm³/mol. The number of carbonyl (C=O) groups is 1. The predicted octanol–water partition coefficient (Wildman–Crippen LogP) is 2.73. The lowest BCUT2D eigenvalue weighted by molar-refractivity contribution is 0.0553. The molecule has 0 aliphatic carbocycles. The van der Waals surface area contributed by atoms with Crippen LogP contribution in [0.15, 0.2) is 46.9 Å². The summed E-state index contributed by atoms with van der Waals surface area (Å²) in [6.07, 6.45) is 0.563. The summed E-state index contributed by atoms with van der Waals surface area (Å²) in [5.74, 6) is -0.0471. The van der Waals surface area contributed by atoms with Crippen LogP contribution in [-0.2, 0) is 11.2 Å². The Bertz CT molecular complexity index is 530. The fraction of sp³-hybridized carbons (Fsp3) is 0.267. The average molecular weight is 260 g/mol. The molecule has 0 saturated heterocycles. The van der Waals surface area contributed by atoms with E-state index >= 15 is 0 Å². The molecule has 1 atom stereocenters. The number of hydrogen-bond donors (Lipinski definition) is 1. The number of esters is 1. The number of hydrogen-bond acceptors (Lipinski definition) is 4. The summed E-state index contributed by atoms with van der Waals surface area (Å²) in [4.78, 5) is 11.2. The Morgan fingerprint density at radius 3 is 2.68 bits per heavy atom. The zero-order valence-electron chi connectivity index (χ0n) is 10.7. The van der Waals surface area contributed by atoms with Gasteiger partial charge >= 0.3 is 5.97 Å². The molecule has 2 rings (SSSR count). The van der Waals surface area contributed by atoms with Crippen LogP contribution in [0.5, 0.6) is 0 Å². The van der Waals surface area contributed by atoms with Crippen molar-refractivity contribution in [3.05, 3.63) is 59.5 Å². The molecule has 1 heterocycles. The van der Waals surface area contributed by atoms with Crippen molar-refractivity contribution in [2.75, 3.05) is 7.11 Å². The quantitative estimate of drug-likeness (QED) is 0.840. The molecular weight excluding hydrogens is 244 g/mol. The van der Waals surface area contributed by atoms with Crippen LogP contribution in [0.4, 0.5) is 0 Å². The Kier molecular flexibility index (Phi) is 4.36. The van der Waals surface area contributed by atoms with Crippen molar-refractivity contribution < 1.29 is 19.1 Å². The van der Waals surface area contributed by atoms with Crippen molar-refractivity contribution >= 4 is 5.97 Å². The number of aliphatic hydroxyl groups is 1. The second-order valence-corrected chi connectivity index (χ2v) is 4.23. The summed E-state index contributed by atoms with van der Waals surface area (Å²) >= 11 is 0. The summed E-state index contributed by atoms with van der Waals surface area (Å²) < 4.78 is 9.81. The Hall–Kier alpha value is -2.07. The first-order chi connectivity index (χ1) is 9.20. The van der Waals surface area contributed by atoms with Gasteiger partial charge in [0.15, 0.2) is 0 Å². The number of ether oxygens (including phenoxy) is 1. The van der Waals surface area contributed by atoms with Crippen LogP contribution in [0.3, 0.4) is 0 Å². The zero-order chi connectivity index (χ0) is 13.7. The van der Waals surface area contributed by atoms with Crippen LogP contribution in [0, 0.1) is 0 Å². The lowest BCUT2D eigenvalue weighted by Gasteiger charge is -2.07. The van der Waals surface area contributed by atoms with Crippen LogP contribution in [0.1, 0.15) is 34.4 Å². The van der Waals surface area contributed by atoms with Gasteiger partial charge in [0, 0.05) is 0 Å². The molecule has 1 N–H and O–H groups in total. The van der Waals surface area contributed by atoms with Gasteiger partial charge in [-0.3, -0.25) is 0 Å². The van der Waals surface area contributed by atoms with Gasteiger partial charge in [-0.1, -0.05) is 30.3 Å². The summed E-state index contributed by atoms with van der Waals surface area (Å²) in [6, 6.07) is 13.0. The minimum absolute atomic E-state index is 0.108. The zero-order valence-corrected chi connectivity index (χ0v) is 10.7. The van der Waals surface area contributed by atoms with Gasteiger partial charge in [-0.05, 0) is 30.5 Å². The fourth-order valence-corrected chi connectivity index (χ4v) is 1.83. The van der Waals surface area contributed by atoms with E-state index in [1.807, 2.05) is 30.3 Å². The molecule has 0 amide bonds. The number of aliphatic hydroxyl groups excluding tert-OH is 1. The Balaban J connectivity index is 1.94. The number of aryl methyl sites for hydroxylation is 1. The monoisotopic (exact) mass is 260 g/mol. The minimum atomic E-state index is -0.724. The summed E-state index contributed by atoms with van der Waals surface area (Å²) in [7, 11) is 1.29. The molecule has 0 bridgehead atoms. The highest BCUT2D eigenvalue weighted by Gasteiger charge is 2.16. The third-order valence-corrected chi connectivity index (χ3v) is 2.89. The highest BCUT2D eigenvalue weighted by atomic mass is 16.5. The maximum absolute atomic E-state index is 11.2. The van der Waals surface area contributed by atoms with Crippen molar-refractivity contribution in [3.8, 4) is 0 Å². The molecule has 0 aliphatic rings. The van der Waals surface area contributed by atoms with Crippen LogP contribution in [0.25, 0.3) is 0 Å². The number of carbonyl (C=O) groups excluding carboxylic acids is 1. The first kappa shape index (κ1) is 13.4. The van der Waals surface area contributed by atoms with E-state index in [0.29, 0.717) is 12.2 Å². The van der Waals surface area contributed by atoms with E-state index < -0.39 is 12.1 Å². The second kappa shape index (κ2) is 6.20. The molecule has 0 saturated carbocycles. The normalized spacial score (nSPS) is 12.1. The van der Waals surface area contributed by atoms with Crippen LogP contribution < -0.4 is 0 Å². The van der Waals surface area contributed by atoms with E-state index in [4.69, 9.17) is 4.42 Å². The van der Waals surface area contributed by atoms with E-state index in [-0.39, 0.29) is 5.76 Å². The fourth-order valence-electron chi connectivity index (χ4n) is 1.83. The molecule has 19 heavy (non-hydrogen) atoms. The van der Waals surface area contributed by atoms with Crippen LogP contribution >= 0.6 is 0 Å². The van der Waals surface area contributed by atoms with E-state index in [1.165, 1.54) is 13.2 Å². The Labute approximate surface area is 111 Å². The molecule has 4 nitrogen and oxygen atoms in total. The van der Waals surface area contributed by atoms with Gasteiger partial charge in [-0.25, -0.2) is 4.79 Å². The van der Waals surface area contributed by atoms with Crippen molar-refractivity contribution in [1.82, 2.24) is 0 Å². The number of furan rings is 1. The van der Waals surface area contributed by atoms with Crippen molar-refractivity contribution in [1.29, 1.82) is 0 Å². The average Bonchev–Trinajstić information content (AvgIpc) is 2.95. The smallest absolute Gasteiger partial charge is 0.373 e. The van der Waals surface area contributed by atoms with Crippen LogP contribution in [-0.4, -0.2) is 18.2 Å². The molecule has 0 spiro atoms. The molecule has 1 aromatic heterocycles. The molecule has 1 unspecified atom stereocenters. The van der Waals surface area contributed by atoms with Gasteiger partial charge in [0.2, 0.25) is 5.76 Å². The highest BCUT2D eigenvalue weighted by Crippen LogP contribution is 2.21. The Morgan fingerprint density at radius 2 is 2.00 bits per heavy atom. The SMILES string of the molecule is COC(=O)c1ccc(C(O)CCc2ccccc2)o1. The third-order valence-electron chi connectivity index (χ3n) is 2.89. The molecule has 4 heteroatoms. The highest BCUT2D eigenvalue weighted by molar-refractivity contribution is 5.86. The van der Waals surface area contributed by atoms with Gasteiger partial charge < -0.3 is 14.3 Å². The molecule has 0 aliphatic heterocycles. The van der Waals surface area contributed by atoms with Gasteiger partial charge in [0.05, 0.1) is 7.11 Å². The lowest BCUT2D eigenvalue weighted by atomic mass is 10.1. The summed E-state index contributed by atoms with van der Waals surface area (Å²) in [5.41, 5.74) is 1.15. The topological polar surface area (TPSA) is 59.7 Å². The van der Waals surface area contributed by atoms with Gasteiger partial charge in [0.25, 0.3) is 0 Å². The van der Waals surface area contributed by atoms with E-state index in [9.17, 15) is 9.90 Å². The molecule has 0 fully saturated rings. The molecular formula is C15H16O4. The third kappa shape index (κ3) is 3.45. The first-order valence-electron chi connectivity index (χ1n) is 6.10. The molecule has 1 aromatic carbocycles. The van der Waals surface area contributed by atoms with Gasteiger partial charge in [0.1, 0.15) is 11.9 Å². The Morgan fingerprint density at radius 1 is 1.26 bits per heavy atom. The van der Waals surface area contributed by atoms with E-state index in [2.05, 4.69) is 4.74 Å². The van der Waals surface area contributed by atoms with Gasteiger partial charge in [-0.2, -0.15) is 0 Å².